The highest BCUT2D eigenvalue weighted by molar-refractivity contribution is 5.86. The van der Waals surface area contributed by atoms with Crippen molar-refractivity contribution >= 4 is 11.7 Å². The van der Waals surface area contributed by atoms with Crippen molar-refractivity contribution in [1.29, 1.82) is 0 Å². The minimum Gasteiger partial charge on any atom is -0.333 e. The summed E-state index contributed by atoms with van der Waals surface area (Å²) in [5.74, 6) is 0.871. The molecule has 0 N–H and O–H groups in total. The van der Waals surface area contributed by atoms with E-state index in [0.717, 1.165) is 11.1 Å². The van der Waals surface area contributed by atoms with Crippen LogP contribution in [0.2, 0.25) is 0 Å². The van der Waals surface area contributed by atoms with Gasteiger partial charge in [0.1, 0.15) is 0 Å². The molecule has 0 unspecified atom stereocenters. The molecular formula is C13H12N4O. The molecule has 1 saturated heterocycles. The highest BCUT2D eigenvalue weighted by Crippen LogP contribution is 2.19. The molecule has 2 aromatic rings. The van der Waals surface area contributed by atoms with E-state index in [1.54, 1.807) is 24.8 Å². The molecule has 1 aliphatic rings. The summed E-state index contributed by atoms with van der Waals surface area (Å²) in [5, 5.41) is 0. The Hall–Kier alpha value is -2.30. The van der Waals surface area contributed by atoms with Crippen LogP contribution in [0.15, 0.2) is 36.9 Å². The second-order valence-electron chi connectivity index (χ2n) is 4.22. The first-order valence-electron chi connectivity index (χ1n) is 5.82. The Labute approximate surface area is 105 Å². The maximum Gasteiger partial charge on any atom is 0.225 e. The average molecular weight is 240 g/mol. The monoisotopic (exact) mass is 240 g/mol. The van der Waals surface area contributed by atoms with E-state index >= 15 is 0 Å². The van der Waals surface area contributed by atoms with Gasteiger partial charge in [-0.1, -0.05) is 0 Å². The van der Waals surface area contributed by atoms with Crippen molar-refractivity contribution in [3.63, 3.8) is 0 Å². The number of hydrogen-bond acceptors (Lipinski definition) is 5. The average Bonchev–Trinajstić information content (AvgIpc) is 2.87. The number of pyridine rings is 1. The van der Waals surface area contributed by atoms with E-state index in [1.807, 2.05) is 17.0 Å². The lowest BCUT2D eigenvalue weighted by atomic mass is 10.1. The quantitative estimate of drug-likeness (QED) is 0.792. The Morgan fingerprint density at radius 2 is 1.78 bits per heavy atom. The number of carbonyl (C=O) groups is 1. The third-order valence-electron chi connectivity index (χ3n) is 2.96. The van der Waals surface area contributed by atoms with Crippen LogP contribution in [-0.4, -0.2) is 33.8 Å². The van der Waals surface area contributed by atoms with E-state index in [-0.39, 0.29) is 5.78 Å². The molecule has 5 heteroatoms. The summed E-state index contributed by atoms with van der Waals surface area (Å²) in [4.78, 5) is 25.7. The Balaban J connectivity index is 1.83. The summed E-state index contributed by atoms with van der Waals surface area (Å²) in [6.07, 6.45) is 7.63. The molecule has 5 nitrogen and oxygen atoms in total. The van der Waals surface area contributed by atoms with Gasteiger partial charge in [-0.3, -0.25) is 9.78 Å². The molecule has 0 aromatic carbocycles. The Morgan fingerprint density at radius 3 is 2.39 bits per heavy atom. The van der Waals surface area contributed by atoms with Crippen LogP contribution in [0.3, 0.4) is 0 Å². The molecule has 0 amide bonds. The van der Waals surface area contributed by atoms with Gasteiger partial charge in [0.05, 0.1) is 6.54 Å². The lowest BCUT2D eigenvalue weighted by Gasteiger charge is -2.13. The lowest BCUT2D eigenvalue weighted by molar-refractivity contribution is -0.116. The molecule has 18 heavy (non-hydrogen) atoms. The van der Waals surface area contributed by atoms with Crippen LogP contribution in [0, 0.1) is 0 Å². The molecular weight excluding hydrogens is 228 g/mol. The van der Waals surface area contributed by atoms with Crippen molar-refractivity contribution in [2.45, 2.75) is 6.42 Å². The molecule has 2 aromatic heterocycles. The Morgan fingerprint density at radius 1 is 1.06 bits per heavy atom. The largest absolute Gasteiger partial charge is 0.333 e. The van der Waals surface area contributed by atoms with Crippen LogP contribution in [0.25, 0.3) is 11.1 Å². The van der Waals surface area contributed by atoms with E-state index < -0.39 is 0 Å². The fourth-order valence-electron chi connectivity index (χ4n) is 1.98. The van der Waals surface area contributed by atoms with E-state index in [2.05, 4.69) is 15.0 Å². The summed E-state index contributed by atoms with van der Waals surface area (Å²) >= 11 is 0. The summed E-state index contributed by atoms with van der Waals surface area (Å²) in [6, 6.07) is 3.83. The SMILES string of the molecule is O=C1CCN(c2ncc(-c3ccncc3)cn2)C1. The first-order valence-corrected chi connectivity index (χ1v) is 5.82. The summed E-state index contributed by atoms with van der Waals surface area (Å²) in [7, 11) is 0. The van der Waals surface area contributed by atoms with Crippen LogP contribution in [-0.2, 0) is 4.79 Å². The van der Waals surface area contributed by atoms with Crippen molar-refractivity contribution in [2.24, 2.45) is 0 Å². The summed E-state index contributed by atoms with van der Waals surface area (Å²) in [6.45, 7) is 1.14. The zero-order valence-electron chi connectivity index (χ0n) is 9.78. The summed E-state index contributed by atoms with van der Waals surface area (Å²) < 4.78 is 0. The van der Waals surface area contributed by atoms with E-state index in [1.165, 1.54) is 0 Å². The van der Waals surface area contributed by atoms with Crippen molar-refractivity contribution < 1.29 is 4.79 Å². The fraction of sp³-hybridized carbons (Fsp3) is 0.231. The first-order chi connectivity index (χ1) is 8.83. The highest BCUT2D eigenvalue weighted by Gasteiger charge is 2.21. The lowest BCUT2D eigenvalue weighted by Crippen LogP contribution is -2.21. The molecule has 0 radical (unpaired) electrons. The number of Topliss-reactive ketones (excluding diaryl/α,β-unsaturated/α-hetero) is 1. The van der Waals surface area contributed by atoms with Crippen molar-refractivity contribution in [1.82, 2.24) is 15.0 Å². The number of nitrogens with zero attached hydrogens (tertiary/aromatic N) is 4. The van der Waals surface area contributed by atoms with Gasteiger partial charge in [-0.2, -0.15) is 0 Å². The normalized spacial score (nSPS) is 15.1. The molecule has 3 heterocycles. The second kappa shape index (κ2) is 4.52. The number of anilines is 1. The molecule has 1 fully saturated rings. The molecule has 3 rings (SSSR count). The third-order valence-corrected chi connectivity index (χ3v) is 2.96. The number of rotatable bonds is 2. The molecule has 0 saturated carbocycles. The predicted octanol–water partition coefficient (Wildman–Crippen LogP) is 1.32. The van der Waals surface area contributed by atoms with Gasteiger partial charge in [-0.25, -0.2) is 9.97 Å². The van der Waals surface area contributed by atoms with Gasteiger partial charge in [-0.05, 0) is 17.7 Å². The minimum absolute atomic E-state index is 0.247. The molecule has 0 atom stereocenters. The number of aromatic nitrogens is 3. The topological polar surface area (TPSA) is 59.0 Å². The fourth-order valence-corrected chi connectivity index (χ4v) is 1.98. The van der Waals surface area contributed by atoms with Crippen LogP contribution in [0.4, 0.5) is 5.95 Å². The number of carbonyl (C=O) groups excluding carboxylic acids is 1. The second-order valence-corrected chi connectivity index (χ2v) is 4.22. The maximum atomic E-state index is 11.2. The number of ketones is 1. The maximum absolute atomic E-state index is 11.2. The van der Waals surface area contributed by atoms with Gasteiger partial charge >= 0.3 is 0 Å². The smallest absolute Gasteiger partial charge is 0.225 e. The third kappa shape index (κ3) is 2.07. The molecule has 1 aliphatic heterocycles. The van der Waals surface area contributed by atoms with Gasteiger partial charge in [0.25, 0.3) is 0 Å². The minimum atomic E-state index is 0.247. The van der Waals surface area contributed by atoms with E-state index in [0.29, 0.717) is 25.5 Å². The van der Waals surface area contributed by atoms with Crippen LogP contribution in [0.1, 0.15) is 6.42 Å². The van der Waals surface area contributed by atoms with Crippen molar-refractivity contribution in [3.05, 3.63) is 36.9 Å². The van der Waals surface area contributed by atoms with Crippen LogP contribution < -0.4 is 4.90 Å². The van der Waals surface area contributed by atoms with Gasteiger partial charge < -0.3 is 4.90 Å². The zero-order valence-corrected chi connectivity index (χ0v) is 9.78. The predicted molar refractivity (Wildman–Crippen MR) is 67.1 cm³/mol. The molecule has 90 valence electrons. The molecule has 0 bridgehead atoms. The van der Waals surface area contributed by atoms with Gasteiger partial charge in [0, 0.05) is 43.3 Å². The zero-order chi connectivity index (χ0) is 12.4. The Bertz CT molecular complexity index is 553. The Kier molecular flexibility index (Phi) is 2.72. The number of hydrogen-bond donors (Lipinski definition) is 0. The van der Waals surface area contributed by atoms with E-state index in [4.69, 9.17) is 0 Å². The molecule has 0 aliphatic carbocycles. The summed E-state index contributed by atoms with van der Waals surface area (Å²) in [5.41, 5.74) is 1.99. The van der Waals surface area contributed by atoms with Crippen molar-refractivity contribution in [3.8, 4) is 11.1 Å². The van der Waals surface area contributed by atoms with Crippen LogP contribution in [0.5, 0.6) is 0 Å². The van der Waals surface area contributed by atoms with Gasteiger partial charge in [0.2, 0.25) is 5.95 Å². The molecule has 0 spiro atoms. The first kappa shape index (κ1) is 10.8. The standard InChI is InChI=1S/C13H12N4O/c18-12-3-6-17(9-12)13-15-7-11(8-16-13)10-1-4-14-5-2-10/h1-2,4-5,7-8H,3,6,9H2. The highest BCUT2D eigenvalue weighted by atomic mass is 16.1. The van der Waals surface area contributed by atoms with E-state index in [9.17, 15) is 4.79 Å². The van der Waals surface area contributed by atoms with Gasteiger partial charge in [0.15, 0.2) is 5.78 Å². The van der Waals surface area contributed by atoms with Crippen molar-refractivity contribution in [2.75, 3.05) is 18.0 Å². The van der Waals surface area contributed by atoms with Crippen LogP contribution >= 0.6 is 0 Å². The van der Waals surface area contributed by atoms with Gasteiger partial charge in [-0.15, -0.1) is 0 Å².